The van der Waals surface area contributed by atoms with E-state index in [4.69, 9.17) is 4.42 Å². The first kappa shape index (κ1) is 37.7. The van der Waals surface area contributed by atoms with Crippen LogP contribution in [-0.2, 0) is 10.8 Å². The maximum absolute atomic E-state index is 6.43. The van der Waals surface area contributed by atoms with E-state index in [1.54, 1.807) is 0 Å². The number of hydrogen-bond donors (Lipinski definition) is 0. The second-order valence-electron chi connectivity index (χ2n) is 19.5. The molecule has 1 heterocycles. The SMILES string of the molecule is CC1(C)c2ccccc2-c2ccc(N(c3ccc4c(c3)-c3ccccc3-c3ccccc3C43c4ccccc4-c4c3c3ccccc3c3ccccc43)c3ccc4oc5ccccc5c4c3)cc21. The Morgan fingerprint density at radius 3 is 1.54 bits per heavy atom. The van der Waals surface area contributed by atoms with E-state index in [0.717, 1.165) is 39.0 Å². The second-order valence-corrected chi connectivity index (χ2v) is 19.5. The summed E-state index contributed by atoms with van der Waals surface area (Å²) >= 11 is 0. The zero-order valence-corrected chi connectivity index (χ0v) is 37.7. The predicted octanol–water partition coefficient (Wildman–Crippen LogP) is 17.7. The molecule has 68 heavy (non-hydrogen) atoms. The van der Waals surface area contributed by atoms with Gasteiger partial charge in [0, 0.05) is 33.2 Å². The number of nitrogens with zero attached hydrogens (tertiary/aromatic N) is 1. The van der Waals surface area contributed by atoms with E-state index in [0.29, 0.717) is 0 Å². The average Bonchev–Trinajstić information content (AvgIpc) is 3.97. The third-order valence-corrected chi connectivity index (χ3v) is 15.9. The number of furan rings is 1. The van der Waals surface area contributed by atoms with Crippen molar-refractivity contribution >= 4 is 60.5 Å². The van der Waals surface area contributed by atoms with E-state index >= 15 is 0 Å². The molecule has 0 bridgehead atoms. The van der Waals surface area contributed by atoms with Gasteiger partial charge in [-0.3, -0.25) is 0 Å². The minimum atomic E-state index is -0.651. The van der Waals surface area contributed by atoms with Gasteiger partial charge in [-0.25, -0.2) is 0 Å². The molecule has 0 radical (unpaired) electrons. The van der Waals surface area contributed by atoms with Crippen molar-refractivity contribution in [3.63, 3.8) is 0 Å². The highest BCUT2D eigenvalue weighted by atomic mass is 16.3. The van der Waals surface area contributed by atoms with Gasteiger partial charge >= 0.3 is 0 Å². The van der Waals surface area contributed by atoms with E-state index < -0.39 is 5.41 Å². The summed E-state index contributed by atoms with van der Waals surface area (Å²) < 4.78 is 6.43. The van der Waals surface area contributed by atoms with Crippen molar-refractivity contribution < 1.29 is 4.42 Å². The van der Waals surface area contributed by atoms with Crippen LogP contribution >= 0.6 is 0 Å². The standard InChI is InChI=1S/C66H43NO/c1-65(2)56-27-13-9-22-48(56)49-34-31-42(39-60(49)65)67(41-33-36-62-55(38-41)50-23-12-16-30-61(50)68-62)40-32-35-59-54(37-40)46-20-4-3-17-43(46)47-21-10-14-28-57(47)66(59)58-29-15-11-26-53(58)63-51-24-7-5-18-44(51)45-19-6-8-25-52(45)64(63)66/h3-39H,1-2H3. The predicted molar refractivity (Wildman–Crippen MR) is 283 cm³/mol. The lowest BCUT2D eigenvalue weighted by molar-refractivity contribution is 0.660. The molecule has 1 spiro atoms. The fourth-order valence-corrected chi connectivity index (χ4v) is 13.0. The highest BCUT2D eigenvalue weighted by Crippen LogP contribution is 2.65. The van der Waals surface area contributed by atoms with Crippen molar-refractivity contribution in [3.8, 4) is 44.5 Å². The lowest BCUT2D eigenvalue weighted by atomic mass is 9.64. The monoisotopic (exact) mass is 865 g/mol. The Kier molecular flexibility index (Phi) is 7.53. The molecule has 0 amide bonds. The van der Waals surface area contributed by atoms with Crippen LogP contribution in [0.5, 0.6) is 0 Å². The first-order chi connectivity index (χ1) is 33.5. The normalized spacial score (nSPS) is 15.7. The van der Waals surface area contributed by atoms with Crippen LogP contribution in [0, 0.1) is 0 Å². The Bertz CT molecular complexity index is 4150. The van der Waals surface area contributed by atoms with Crippen molar-refractivity contribution in [3.05, 3.63) is 258 Å². The minimum Gasteiger partial charge on any atom is -0.456 e. The van der Waals surface area contributed by atoms with Gasteiger partial charge < -0.3 is 9.32 Å². The fourth-order valence-electron chi connectivity index (χ4n) is 13.0. The van der Waals surface area contributed by atoms with Crippen LogP contribution in [0.1, 0.15) is 47.2 Å². The molecule has 1 unspecified atom stereocenters. The summed E-state index contributed by atoms with van der Waals surface area (Å²) in [5.41, 5.74) is 22.4. The van der Waals surface area contributed by atoms with Gasteiger partial charge in [0.15, 0.2) is 0 Å². The zero-order chi connectivity index (χ0) is 44.9. The largest absolute Gasteiger partial charge is 0.456 e. The molecule has 2 heteroatoms. The molecular formula is C66H43NO. The average molecular weight is 866 g/mol. The summed E-state index contributed by atoms with van der Waals surface area (Å²) in [7, 11) is 0. The van der Waals surface area contributed by atoms with Crippen LogP contribution in [0.2, 0.25) is 0 Å². The molecule has 12 aromatic rings. The maximum atomic E-state index is 6.43. The summed E-state index contributed by atoms with van der Waals surface area (Å²) in [5.74, 6) is 0. The molecule has 0 aliphatic heterocycles. The smallest absolute Gasteiger partial charge is 0.135 e. The number of anilines is 3. The molecule has 11 aromatic carbocycles. The van der Waals surface area contributed by atoms with Gasteiger partial charge in [-0.15, -0.1) is 0 Å². The highest BCUT2D eigenvalue weighted by Gasteiger charge is 2.51. The first-order valence-electron chi connectivity index (χ1n) is 23.8. The Hall–Kier alpha value is -8.46. The van der Waals surface area contributed by atoms with Crippen molar-refractivity contribution in [1.82, 2.24) is 0 Å². The molecule has 0 saturated carbocycles. The van der Waals surface area contributed by atoms with E-state index in [-0.39, 0.29) is 5.41 Å². The van der Waals surface area contributed by atoms with E-state index in [9.17, 15) is 0 Å². The molecule has 3 aliphatic carbocycles. The van der Waals surface area contributed by atoms with Crippen molar-refractivity contribution in [2.24, 2.45) is 0 Å². The van der Waals surface area contributed by atoms with Crippen molar-refractivity contribution in [1.29, 1.82) is 0 Å². The Morgan fingerprint density at radius 2 is 0.779 bits per heavy atom. The summed E-state index contributed by atoms with van der Waals surface area (Å²) in [4.78, 5) is 2.48. The summed E-state index contributed by atoms with van der Waals surface area (Å²) in [6, 6.07) is 84.2. The maximum Gasteiger partial charge on any atom is 0.135 e. The number of para-hydroxylation sites is 1. The third kappa shape index (κ3) is 4.81. The molecule has 1 atom stereocenters. The summed E-state index contributed by atoms with van der Waals surface area (Å²) in [5, 5.41) is 7.36. The van der Waals surface area contributed by atoms with Gasteiger partial charge in [0.1, 0.15) is 11.2 Å². The molecule has 318 valence electrons. The van der Waals surface area contributed by atoms with Crippen LogP contribution in [0.25, 0.3) is 88.0 Å². The van der Waals surface area contributed by atoms with Crippen LogP contribution < -0.4 is 4.90 Å². The van der Waals surface area contributed by atoms with E-state index in [2.05, 4.69) is 237 Å². The number of benzene rings is 11. The van der Waals surface area contributed by atoms with Crippen LogP contribution in [0.4, 0.5) is 17.1 Å². The molecule has 0 saturated heterocycles. The lowest BCUT2D eigenvalue weighted by Gasteiger charge is -2.37. The van der Waals surface area contributed by atoms with Gasteiger partial charge in [-0.05, 0) is 148 Å². The number of fused-ring (bicyclic) bond motifs is 23. The van der Waals surface area contributed by atoms with Gasteiger partial charge in [0.05, 0.1) is 5.41 Å². The molecular weight excluding hydrogens is 823 g/mol. The fraction of sp³-hybridized carbons (Fsp3) is 0.0606. The Balaban J connectivity index is 1.06. The van der Waals surface area contributed by atoms with Crippen molar-refractivity contribution in [2.45, 2.75) is 24.7 Å². The lowest BCUT2D eigenvalue weighted by Crippen LogP contribution is -2.29. The molecule has 1 aromatic heterocycles. The van der Waals surface area contributed by atoms with E-state index in [1.165, 1.54) is 99.4 Å². The van der Waals surface area contributed by atoms with Crippen LogP contribution in [0.3, 0.4) is 0 Å². The summed E-state index contributed by atoms with van der Waals surface area (Å²) in [6.07, 6.45) is 0. The molecule has 15 rings (SSSR count). The minimum absolute atomic E-state index is 0.167. The Morgan fingerprint density at radius 1 is 0.309 bits per heavy atom. The summed E-state index contributed by atoms with van der Waals surface area (Å²) in [6.45, 7) is 4.74. The third-order valence-electron chi connectivity index (χ3n) is 15.9. The first-order valence-corrected chi connectivity index (χ1v) is 23.8. The second kappa shape index (κ2) is 13.6. The van der Waals surface area contributed by atoms with Crippen LogP contribution in [-0.4, -0.2) is 0 Å². The zero-order valence-electron chi connectivity index (χ0n) is 37.7. The molecule has 2 nitrogen and oxygen atoms in total. The molecule has 0 N–H and O–H groups in total. The van der Waals surface area contributed by atoms with Gasteiger partial charge in [0.2, 0.25) is 0 Å². The van der Waals surface area contributed by atoms with Crippen molar-refractivity contribution in [2.75, 3.05) is 4.90 Å². The molecule has 0 fully saturated rings. The van der Waals surface area contributed by atoms with Gasteiger partial charge in [0.25, 0.3) is 0 Å². The van der Waals surface area contributed by atoms with Gasteiger partial charge in [-0.1, -0.05) is 190 Å². The van der Waals surface area contributed by atoms with Gasteiger partial charge in [-0.2, -0.15) is 0 Å². The topological polar surface area (TPSA) is 16.4 Å². The van der Waals surface area contributed by atoms with E-state index in [1.807, 2.05) is 6.07 Å². The highest BCUT2D eigenvalue weighted by molar-refractivity contribution is 6.20. The Labute approximate surface area is 395 Å². The molecule has 3 aliphatic rings. The number of rotatable bonds is 3. The number of hydrogen-bond acceptors (Lipinski definition) is 2. The quantitative estimate of drug-likeness (QED) is 0.165. The van der Waals surface area contributed by atoms with Crippen LogP contribution in [0.15, 0.2) is 229 Å².